The van der Waals surface area contributed by atoms with E-state index in [2.05, 4.69) is 58.3 Å². The fourth-order valence-electron chi connectivity index (χ4n) is 2.07. The van der Waals surface area contributed by atoms with Crippen molar-refractivity contribution < 1.29 is 0 Å². The van der Waals surface area contributed by atoms with Crippen molar-refractivity contribution in [2.24, 2.45) is 0 Å². The molecule has 0 amide bonds. The first-order valence-corrected chi connectivity index (χ1v) is 6.91. The summed E-state index contributed by atoms with van der Waals surface area (Å²) < 4.78 is 3.03. The van der Waals surface area contributed by atoms with Gasteiger partial charge in [0.15, 0.2) is 0 Å². The first kappa shape index (κ1) is 12.2. The van der Waals surface area contributed by atoms with Gasteiger partial charge in [0.2, 0.25) is 0 Å². The summed E-state index contributed by atoms with van der Waals surface area (Å²) >= 11 is 3.59. The normalized spacial score (nSPS) is 10.6. The van der Waals surface area contributed by atoms with Gasteiger partial charge in [0, 0.05) is 10.0 Å². The number of nitrogens with zero attached hydrogens (tertiary/aromatic N) is 2. The summed E-state index contributed by atoms with van der Waals surface area (Å²) in [6.07, 6.45) is 1.83. The molecule has 3 aromatic rings. The average Bonchev–Trinajstić information content (AvgIpc) is 2.89. The molecule has 1 heterocycles. The summed E-state index contributed by atoms with van der Waals surface area (Å²) in [4.78, 5) is 0. The van der Waals surface area contributed by atoms with E-state index in [1.807, 2.05) is 35.1 Å². The van der Waals surface area contributed by atoms with E-state index >= 15 is 0 Å². The number of benzene rings is 2. The van der Waals surface area contributed by atoms with Crippen molar-refractivity contribution >= 4 is 15.9 Å². The Hall–Kier alpha value is -1.87. The zero-order chi connectivity index (χ0) is 13.2. The average molecular weight is 313 g/mol. The maximum atomic E-state index is 4.43. The highest BCUT2D eigenvalue weighted by Gasteiger charge is 2.09. The van der Waals surface area contributed by atoms with Gasteiger partial charge in [0.1, 0.15) is 0 Å². The van der Waals surface area contributed by atoms with Crippen molar-refractivity contribution in [1.29, 1.82) is 0 Å². The van der Waals surface area contributed by atoms with Gasteiger partial charge in [-0.15, -0.1) is 0 Å². The van der Waals surface area contributed by atoms with Crippen LogP contribution in [-0.2, 0) is 0 Å². The number of aryl methyl sites for hydroxylation is 1. The van der Waals surface area contributed by atoms with Gasteiger partial charge in [-0.05, 0) is 31.2 Å². The summed E-state index contributed by atoms with van der Waals surface area (Å²) in [5, 5.41) is 4.43. The van der Waals surface area contributed by atoms with Gasteiger partial charge in [-0.25, -0.2) is 4.68 Å². The highest BCUT2D eigenvalue weighted by Crippen LogP contribution is 2.29. The molecule has 0 atom stereocenters. The Balaban J connectivity index is 2.13. The molecular weight excluding hydrogens is 300 g/mol. The zero-order valence-electron chi connectivity index (χ0n) is 10.5. The van der Waals surface area contributed by atoms with Crippen LogP contribution in [0.1, 0.15) is 5.56 Å². The second-order valence-corrected chi connectivity index (χ2v) is 5.30. The summed E-state index contributed by atoms with van der Waals surface area (Å²) in [5.74, 6) is 0. The second kappa shape index (κ2) is 5.02. The number of hydrogen-bond acceptors (Lipinski definition) is 1. The van der Waals surface area contributed by atoms with Gasteiger partial charge in [0.05, 0.1) is 17.6 Å². The fraction of sp³-hybridized carbons (Fsp3) is 0.0625. The molecule has 0 radical (unpaired) electrons. The minimum Gasteiger partial charge on any atom is -0.233 e. The van der Waals surface area contributed by atoms with Crippen LogP contribution in [0.15, 0.2) is 65.3 Å². The molecule has 0 spiro atoms. The molecule has 0 aliphatic carbocycles. The maximum Gasteiger partial charge on any atom is 0.0752 e. The lowest BCUT2D eigenvalue weighted by Crippen LogP contribution is -1.99. The molecule has 0 fully saturated rings. The predicted molar refractivity (Wildman–Crippen MR) is 81.4 cm³/mol. The Morgan fingerprint density at radius 2 is 1.68 bits per heavy atom. The molecule has 3 heteroatoms. The van der Waals surface area contributed by atoms with Crippen LogP contribution in [0.25, 0.3) is 16.9 Å². The Bertz CT molecular complexity index is 699. The minimum absolute atomic E-state index is 1.07. The van der Waals surface area contributed by atoms with Crippen molar-refractivity contribution in [3.8, 4) is 16.9 Å². The van der Waals surface area contributed by atoms with Crippen LogP contribution in [0.2, 0.25) is 0 Å². The number of rotatable bonds is 2. The van der Waals surface area contributed by atoms with Gasteiger partial charge in [0.25, 0.3) is 0 Å². The largest absolute Gasteiger partial charge is 0.233 e. The van der Waals surface area contributed by atoms with Crippen molar-refractivity contribution in [3.63, 3.8) is 0 Å². The Labute approximate surface area is 120 Å². The number of halogens is 1. The Kier molecular flexibility index (Phi) is 3.22. The maximum absolute atomic E-state index is 4.43. The third-order valence-corrected chi connectivity index (χ3v) is 3.76. The molecule has 0 aliphatic heterocycles. The fourth-order valence-corrected chi connectivity index (χ4v) is 2.56. The van der Waals surface area contributed by atoms with Crippen LogP contribution in [0, 0.1) is 6.92 Å². The summed E-state index contributed by atoms with van der Waals surface area (Å²) in [6.45, 7) is 2.08. The Morgan fingerprint density at radius 1 is 0.947 bits per heavy atom. The first-order chi connectivity index (χ1) is 9.25. The monoisotopic (exact) mass is 312 g/mol. The van der Waals surface area contributed by atoms with Crippen LogP contribution < -0.4 is 0 Å². The third-order valence-electron chi connectivity index (χ3n) is 3.07. The van der Waals surface area contributed by atoms with E-state index < -0.39 is 0 Å². The molecule has 94 valence electrons. The lowest BCUT2D eigenvalue weighted by Gasteiger charge is -2.09. The molecule has 2 aromatic carbocycles. The van der Waals surface area contributed by atoms with Crippen LogP contribution >= 0.6 is 15.9 Å². The molecule has 0 unspecified atom stereocenters. The van der Waals surface area contributed by atoms with Gasteiger partial charge in [-0.3, -0.25) is 0 Å². The van der Waals surface area contributed by atoms with Crippen LogP contribution in [0.5, 0.6) is 0 Å². The molecular formula is C16H13BrN2. The SMILES string of the molecule is Cc1ccc(-n2nccc2-c2ccccc2Br)cc1. The van der Waals surface area contributed by atoms with Crippen molar-refractivity contribution in [2.75, 3.05) is 0 Å². The van der Waals surface area contributed by atoms with Gasteiger partial charge < -0.3 is 0 Å². The highest BCUT2D eigenvalue weighted by molar-refractivity contribution is 9.10. The van der Waals surface area contributed by atoms with E-state index in [0.717, 1.165) is 21.4 Å². The molecule has 0 aliphatic rings. The summed E-state index contributed by atoms with van der Waals surface area (Å²) in [6, 6.07) is 18.6. The smallest absolute Gasteiger partial charge is 0.0752 e. The molecule has 0 N–H and O–H groups in total. The molecule has 0 saturated heterocycles. The number of aromatic nitrogens is 2. The van der Waals surface area contributed by atoms with Crippen LogP contribution in [-0.4, -0.2) is 9.78 Å². The predicted octanol–water partition coefficient (Wildman–Crippen LogP) is 4.61. The van der Waals surface area contributed by atoms with E-state index in [4.69, 9.17) is 0 Å². The highest BCUT2D eigenvalue weighted by atomic mass is 79.9. The van der Waals surface area contributed by atoms with Crippen molar-refractivity contribution in [2.45, 2.75) is 6.92 Å². The summed E-state index contributed by atoms with van der Waals surface area (Å²) in [5.41, 5.74) is 4.54. The van der Waals surface area contributed by atoms with Crippen LogP contribution in [0.3, 0.4) is 0 Å². The van der Waals surface area contributed by atoms with Gasteiger partial charge >= 0.3 is 0 Å². The minimum atomic E-state index is 1.07. The van der Waals surface area contributed by atoms with Crippen molar-refractivity contribution in [1.82, 2.24) is 9.78 Å². The standard InChI is InChI=1S/C16H13BrN2/c1-12-6-8-13(9-7-12)19-16(10-11-18-19)14-4-2-3-5-15(14)17/h2-11H,1H3. The third kappa shape index (κ3) is 2.34. The molecule has 1 aromatic heterocycles. The van der Waals surface area contributed by atoms with E-state index in [1.165, 1.54) is 5.56 Å². The number of hydrogen-bond donors (Lipinski definition) is 0. The lowest BCUT2D eigenvalue weighted by molar-refractivity contribution is 0.887. The topological polar surface area (TPSA) is 17.8 Å². The van der Waals surface area contributed by atoms with Crippen LogP contribution in [0.4, 0.5) is 0 Å². The summed E-state index contributed by atoms with van der Waals surface area (Å²) in [7, 11) is 0. The van der Waals surface area contributed by atoms with E-state index in [9.17, 15) is 0 Å². The van der Waals surface area contributed by atoms with E-state index in [-0.39, 0.29) is 0 Å². The molecule has 0 bridgehead atoms. The molecule has 2 nitrogen and oxygen atoms in total. The quantitative estimate of drug-likeness (QED) is 0.675. The zero-order valence-corrected chi connectivity index (χ0v) is 12.1. The molecule has 3 rings (SSSR count). The van der Waals surface area contributed by atoms with Crippen molar-refractivity contribution in [3.05, 3.63) is 70.8 Å². The van der Waals surface area contributed by atoms with Gasteiger partial charge in [-0.1, -0.05) is 51.8 Å². The Morgan fingerprint density at radius 3 is 2.42 bits per heavy atom. The molecule has 0 saturated carbocycles. The van der Waals surface area contributed by atoms with E-state index in [0.29, 0.717) is 0 Å². The van der Waals surface area contributed by atoms with E-state index in [1.54, 1.807) is 0 Å². The molecule has 19 heavy (non-hydrogen) atoms. The van der Waals surface area contributed by atoms with Gasteiger partial charge in [-0.2, -0.15) is 5.10 Å². The second-order valence-electron chi connectivity index (χ2n) is 4.44. The lowest BCUT2D eigenvalue weighted by atomic mass is 10.1. The first-order valence-electron chi connectivity index (χ1n) is 6.12.